The molecule has 1 heterocycles. The second kappa shape index (κ2) is 4.75. The van der Waals surface area contributed by atoms with Crippen molar-refractivity contribution in [1.82, 2.24) is 15.0 Å². The van der Waals surface area contributed by atoms with Crippen molar-refractivity contribution >= 4 is 5.97 Å². The molecule has 2 rings (SSSR count). The quantitative estimate of drug-likeness (QED) is 0.780. The summed E-state index contributed by atoms with van der Waals surface area (Å²) in [6, 6.07) is 6.87. The van der Waals surface area contributed by atoms with E-state index in [0.717, 1.165) is 11.4 Å². The zero-order chi connectivity index (χ0) is 12.3. The number of carbonyl (C=O) groups excluding carboxylic acids is 1. The Morgan fingerprint density at radius 1 is 1.41 bits per heavy atom. The Morgan fingerprint density at radius 2 is 2.12 bits per heavy atom. The van der Waals surface area contributed by atoms with Gasteiger partial charge in [0, 0.05) is 6.54 Å². The van der Waals surface area contributed by atoms with Crippen LogP contribution in [0.4, 0.5) is 0 Å². The third kappa shape index (κ3) is 2.16. The van der Waals surface area contributed by atoms with Crippen LogP contribution in [-0.2, 0) is 11.3 Å². The van der Waals surface area contributed by atoms with E-state index in [2.05, 4.69) is 15.0 Å². The molecule has 0 saturated carbocycles. The minimum absolute atomic E-state index is 0.353. The van der Waals surface area contributed by atoms with Crippen LogP contribution >= 0.6 is 0 Å². The highest BCUT2D eigenvalue weighted by atomic mass is 16.5. The minimum atomic E-state index is -0.366. The average molecular weight is 232 g/mol. The maximum Gasteiger partial charge on any atom is 0.337 e. The fourth-order valence-electron chi connectivity index (χ4n) is 1.47. The molecule has 0 unspecified atom stereocenters. The summed E-state index contributed by atoms with van der Waals surface area (Å²) in [5.74, 6) is -0.366. The van der Waals surface area contributed by atoms with Crippen LogP contribution in [-0.4, -0.2) is 28.1 Å². The molecule has 17 heavy (non-hydrogen) atoms. The molecule has 1 aromatic heterocycles. The third-order valence-corrected chi connectivity index (χ3v) is 2.36. The molecule has 0 aliphatic rings. The number of nitrogens with zero attached hydrogens (tertiary/aromatic N) is 3. The minimum Gasteiger partial charge on any atom is -0.465 e. The lowest BCUT2D eigenvalue weighted by Gasteiger charge is -2.05. The smallest absolute Gasteiger partial charge is 0.337 e. The number of aromatic nitrogens is 3. The van der Waals surface area contributed by atoms with Crippen LogP contribution in [0, 0.1) is 0 Å². The van der Waals surface area contributed by atoms with Crippen LogP contribution in [0.2, 0.25) is 0 Å². The predicted molar refractivity (Wildman–Crippen MR) is 60.6 cm³/mol. The van der Waals surface area contributed by atoms with Crippen molar-refractivity contribution in [3.63, 3.8) is 0 Å². The van der Waals surface area contributed by atoms with Gasteiger partial charge < -0.3 is 10.5 Å². The first kappa shape index (κ1) is 11.3. The normalized spacial score (nSPS) is 10.2. The number of carbonyl (C=O) groups is 1. The highest BCUT2D eigenvalue weighted by Crippen LogP contribution is 2.11. The molecule has 0 fully saturated rings. The van der Waals surface area contributed by atoms with Crippen molar-refractivity contribution in [2.45, 2.75) is 6.54 Å². The lowest BCUT2D eigenvalue weighted by Crippen LogP contribution is -2.07. The van der Waals surface area contributed by atoms with Gasteiger partial charge in [0.1, 0.15) is 0 Å². The van der Waals surface area contributed by atoms with Gasteiger partial charge in [0.05, 0.1) is 30.3 Å². The highest BCUT2D eigenvalue weighted by molar-refractivity contribution is 5.89. The summed E-state index contributed by atoms with van der Waals surface area (Å²) in [6.07, 6.45) is 1.61. The van der Waals surface area contributed by atoms with Crippen LogP contribution in [0.1, 0.15) is 16.1 Å². The molecule has 0 aliphatic carbocycles. The SMILES string of the molecule is COC(=O)c1ccc(-n2nncc2CN)cc1. The topological polar surface area (TPSA) is 83.0 Å². The predicted octanol–water partition coefficient (Wildman–Crippen LogP) is 0.513. The molecule has 6 heteroatoms. The molecule has 2 N–H and O–H groups in total. The van der Waals surface area contributed by atoms with Crippen LogP contribution in [0.15, 0.2) is 30.5 Å². The Morgan fingerprint density at radius 3 is 2.71 bits per heavy atom. The van der Waals surface area contributed by atoms with Gasteiger partial charge in [-0.3, -0.25) is 0 Å². The average Bonchev–Trinajstić information content (AvgIpc) is 2.86. The molecule has 2 aromatic rings. The van der Waals surface area contributed by atoms with Gasteiger partial charge in [-0.25, -0.2) is 9.48 Å². The van der Waals surface area contributed by atoms with Gasteiger partial charge in [0.2, 0.25) is 0 Å². The van der Waals surface area contributed by atoms with E-state index >= 15 is 0 Å². The number of esters is 1. The number of rotatable bonds is 3. The number of hydrogen-bond donors (Lipinski definition) is 1. The molecule has 88 valence electrons. The molecule has 0 atom stereocenters. The van der Waals surface area contributed by atoms with Gasteiger partial charge >= 0.3 is 5.97 Å². The maximum absolute atomic E-state index is 11.3. The summed E-state index contributed by atoms with van der Waals surface area (Å²) in [5, 5.41) is 7.71. The summed E-state index contributed by atoms with van der Waals surface area (Å²) in [7, 11) is 1.35. The van der Waals surface area contributed by atoms with Crippen molar-refractivity contribution in [3.8, 4) is 5.69 Å². The van der Waals surface area contributed by atoms with E-state index in [4.69, 9.17) is 5.73 Å². The van der Waals surface area contributed by atoms with Crippen molar-refractivity contribution < 1.29 is 9.53 Å². The van der Waals surface area contributed by atoms with E-state index in [1.54, 1.807) is 35.1 Å². The fraction of sp³-hybridized carbons (Fsp3) is 0.182. The van der Waals surface area contributed by atoms with Crippen molar-refractivity contribution in [2.75, 3.05) is 7.11 Å². The molecule has 0 saturated heterocycles. The Hall–Kier alpha value is -2.21. The first-order chi connectivity index (χ1) is 8.26. The summed E-state index contributed by atoms with van der Waals surface area (Å²) in [5.41, 5.74) is 7.65. The zero-order valence-electron chi connectivity index (χ0n) is 9.33. The van der Waals surface area contributed by atoms with Crippen molar-refractivity contribution in [3.05, 3.63) is 41.7 Å². The van der Waals surface area contributed by atoms with E-state index in [1.807, 2.05) is 0 Å². The van der Waals surface area contributed by atoms with Gasteiger partial charge in [-0.15, -0.1) is 5.10 Å². The monoisotopic (exact) mass is 232 g/mol. The number of hydrogen-bond acceptors (Lipinski definition) is 5. The third-order valence-electron chi connectivity index (χ3n) is 2.36. The number of nitrogens with two attached hydrogens (primary N) is 1. The van der Waals surface area contributed by atoms with Gasteiger partial charge in [-0.05, 0) is 24.3 Å². The molecule has 0 bridgehead atoms. The van der Waals surface area contributed by atoms with E-state index in [9.17, 15) is 4.79 Å². The standard InChI is InChI=1S/C11H12N4O2/c1-17-11(16)8-2-4-9(5-3-8)15-10(6-12)7-13-14-15/h2-5,7H,6,12H2,1H3. The van der Waals surface area contributed by atoms with Crippen LogP contribution < -0.4 is 5.73 Å². The molecule has 0 amide bonds. The molecule has 0 radical (unpaired) electrons. The number of methoxy groups -OCH3 is 1. The first-order valence-corrected chi connectivity index (χ1v) is 5.04. The lowest BCUT2D eigenvalue weighted by atomic mass is 10.2. The Labute approximate surface area is 98.0 Å². The first-order valence-electron chi connectivity index (χ1n) is 5.04. The molecular formula is C11H12N4O2. The summed E-state index contributed by atoms with van der Waals surface area (Å²) >= 11 is 0. The Kier molecular flexibility index (Phi) is 3.15. The van der Waals surface area contributed by atoms with Gasteiger partial charge in [0.15, 0.2) is 0 Å². The van der Waals surface area contributed by atoms with Crippen LogP contribution in [0.5, 0.6) is 0 Å². The molecule has 0 spiro atoms. The second-order valence-electron chi connectivity index (χ2n) is 3.38. The van der Waals surface area contributed by atoms with E-state index in [0.29, 0.717) is 12.1 Å². The largest absolute Gasteiger partial charge is 0.465 e. The highest BCUT2D eigenvalue weighted by Gasteiger charge is 2.07. The van der Waals surface area contributed by atoms with Crippen molar-refractivity contribution in [2.24, 2.45) is 5.73 Å². The maximum atomic E-state index is 11.3. The summed E-state index contributed by atoms with van der Waals surface area (Å²) in [6.45, 7) is 0.353. The zero-order valence-corrected chi connectivity index (χ0v) is 9.33. The second-order valence-corrected chi connectivity index (χ2v) is 3.38. The molecular weight excluding hydrogens is 220 g/mol. The fourth-order valence-corrected chi connectivity index (χ4v) is 1.47. The van der Waals surface area contributed by atoms with Crippen LogP contribution in [0.25, 0.3) is 5.69 Å². The molecule has 0 aliphatic heterocycles. The van der Waals surface area contributed by atoms with E-state index < -0.39 is 0 Å². The van der Waals surface area contributed by atoms with Crippen LogP contribution in [0.3, 0.4) is 0 Å². The van der Waals surface area contributed by atoms with E-state index in [1.165, 1.54) is 7.11 Å². The Bertz CT molecular complexity index is 519. The van der Waals surface area contributed by atoms with Gasteiger partial charge in [-0.1, -0.05) is 5.21 Å². The summed E-state index contributed by atoms with van der Waals surface area (Å²) in [4.78, 5) is 11.3. The molecule has 6 nitrogen and oxygen atoms in total. The number of benzene rings is 1. The van der Waals surface area contributed by atoms with Gasteiger partial charge in [0.25, 0.3) is 0 Å². The number of ether oxygens (including phenoxy) is 1. The van der Waals surface area contributed by atoms with Crippen molar-refractivity contribution in [1.29, 1.82) is 0 Å². The molecule has 1 aromatic carbocycles. The van der Waals surface area contributed by atoms with Gasteiger partial charge in [-0.2, -0.15) is 0 Å². The Balaban J connectivity index is 2.32. The lowest BCUT2D eigenvalue weighted by molar-refractivity contribution is 0.0601. The summed E-state index contributed by atoms with van der Waals surface area (Å²) < 4.78 is 6.24. The van der Waals surface area contributed by atoms with E-state index in [-0.39, 0.29) is 5.97 Å².